The zero-order valence-corrected chi connectivity index (χ0v) is 11.9. The molecule has 100 valence electrons. The first-order chi connectivity index (χ1) is 8.38. The molecule has 5 nitrogen and oxygen atoms in total. The molecule has 2 heterocycles. The number of rotatable bonds is 3. The maximum atomic E-state index is 11.4. The molecule has 6 heteroatoms. The highest BCUT2D eigenvalue weighted by Crippen LogP contribution is 2.24. The molecule has 0 radical (unpaired) electrons. The van der Waals surface area contributed by atoms with Crippen LogP contribution in [0.2, 0.25) is 0 Å². The summed E-state index contributed by atoms with van der Waals surface area (Å²) in [6.07, 6.45) is 2.04. The van der Waals surface area contributed by atoms with Crippen molar-refractivity contribution in [1.29, 1.82) is 5.41 Å². The predicted octanol–water partition coefficient (Wildman–Crippen LogP) is 1.35. The van der Waals surface area contributed by atoms with Crippen LogP contribution in [0, 0.1) is 5.41 Å². The SMILES string of the molecule is CC(C)(C)c1cn(CCN2CCNC2=O)c(=N)s1. The van der Waals surface area contributed by atoms with Gasteiger partial charge in [0.05, 0.1) is 0 Å². The largest absolute Gasteiger partial charge is 0.336 e. The fourth-order valence-corrected chi connectivity index (χ4v) is 2.81. The Morgan fingerprint density at radius 2 is 2.17 bits per heavy atom. The Bertz CT molecular complexity index is 497. The summed E-state index contributed by atoms with van der Waals surface area (Å²) >= 11 is 1.52. The van der Waals surface area contributed by atoms with Crippen LogP contribution in [0.4, 0.5) is 4.79 Å². The van der Waals surface area contributed by atoms with Crippen molar-refractivity contribution >= 4 is 17.4 Å². The van der Waals surface area contributed by atoms with Crippen molar-refractivity contribution in [3.8, 4) is 0 Å². The maximum absolute atomic E-state index is 11.4. The summed E-state index contributed by atoms with van der Waals surface area (Å²) in [6.45, 7) is 9.31. The molecule has 0 bridgehead atoms. The first kappa shape index (κ1) is 13.1. The summed E-state index contributed by atoms with van der Waals surface area (Å²) in [7, 11) is 0. The molecular weight excluding hydrogens is 248 g/mol. The lowest BCUT2D eigenvalue weighted by molar-refractivity contribution is 0.215. The third-order valence-electron chi connectivity index (χ3n) is 3.04. The van der Waals surface area contributed by atoms with Crippen LogP contribution >= 0.6 is 11.3 Å². The second kappa shape index (κ2) is 4.76. The summed E-state index contributed by atoms with van der Waals surface area (Å²) in [5.74, 6) is 0. The first-order valence-corrected chi connectivity index (χ1v) is 6.98. The van der Waals surface area contributed by atoms with Crippen molar-refractivity contribution in [3.05, 3.63) is 15.9 Å². The molecule has 0 unspecified atom stereocenters. The minimum atomic E-state index is 0.00778. The molecule has 0 saturated carbocycles. The van der Waals surface area contributed by atoms with Gasteiger partial charge in [0.15, 0.2) is 4.80 Å². The van der Waals surface area contributed by atoms with Crippen molar-refractivity contribution in [2.45, 2.75) is 32.7 Å². The van der Waals surface area contributed by atoms with E-state index in [-0.39, 0.29) is 11.4 Å². The molecule has 18 heavy (non-hydrogen) atoms. The van der Waals surface area contributed by atoms with Gasteiger partial charge in [0.1, 0.15) is 0 Å². The monoisotopic (exact) mass is 268 g/mol. The van der Waals surface area contributed by atoms with E-state index < -0.39 is 0 Å². The van der Waals surface area contributed by atoms with E-state index in [0.717, 1.165) is 13.1 Å². The van der Waals surface area contributed by atoms with E-state index in [9.17, 15) is 4.79 Å². The van der Waals surface area contributed by atoms with Gasteiger partial charge in [0, 0.05) is 37.3 Å². The molecule has 0 aromatic carbocycles. The van der Waals surface area contributed by atoms with Crippen LogP contribution < -0.4 is 10.1 Å². The molecule has 1 aliphatic heterocycles. The van der Waals surface area contributed by atoms with E-state index in [1.165, 1.54) is 16.2 Å². The number of carbonyl (C=O) groups excluding carboxylic acids is 1. The fraction of sp³-hybridized carbons (Fsp3) is 0.667. The van der Waals surface area contributed by atoms with Gasteiger partial charge in [-0.25, -0.2) is 4.79 Å². The van der Waals surface area contributed by atoms with Crippen molar-refractivity contribution in [3.63, 3.8) is 0 Å². The smallest absolute Gasteiger partial charge is 0.317 e. The Balaban J connectivity index is 2.04. The molecule has 2 N–H and O–H groups in total. The molecule has 2 rings (SSSR count). The molecule has 1 fully saturated rings. The van der Waals surface area contributed by atoms with Gasteiger partial charge in [0.2, 0.25) is 0 Å². The molecule has 1 saturated heterocycles. The number of carbonyl (C=O) groups is 1. The number of amides is 2. The van der Waals surface area contributed by atoms with Crippen LogP contribution in [0.15, 0.2) is 6.20 Å². The van der Waals surface area contributed by atoms with Crippen molar-refractivity contribution < 1.29 is 4.79 Å². The van der Waals surface area contributed by atoms with E-state index in [1.807, 2.05) is 10.8 Å². The van der Waals surface area contributed by atoms with E-state index in [1.54, 1.807) is 4.90 Å². The van der Waals surface area contributed by atoms with Crippen LogP contribution in [0.25, 0.3) is 0 Å². The predicted molar refractivity (Wildman–Crippen MR) is 71.8 cm³/mol. The van der Waals surface area contributed by atoms with E-state index in [0.29, 0.717) is 17.9 Å². The van der Waals surface area contributed by atoms with E-state index >= 15 is 0 Å². The van der Waals surface area contributed by atoms with E-state index in [4.69, 9.17) is 5.41 Å². The number of urea groups is 1. The van der Waals surface area contributed by atoms with Gasteiger partial charge in [-0.2, -0.15) is 0 Å². The summed E-state index contributed by atoms with van der Waals surface area (Å²) in [6, 6.07) is 0.00778. The van der Waals surface area contributed by atoms with Crippen molar-refractivity contribution in [2.24, 2.45) is 0 Å². The zero-order chi connectivity index (χ0) is 13.3. The average molecular weight is 268 g/mol. The molecule has 0 spiro atoms. The van der Waals surface area contributed by atoms with Gasteiger partial charge in [-0.05, 0) is 5.41 Å². The number of nitrogens with one attached hydrogen (secondary N) is 2. The minimum Gasteiger partial charge on any atom is -0.336 e. The van der Waals surface area contributed by atoms with Gasteiger partial charge >= 0.3 is 6.03 Å². The molecular formula is C12H20N4OS. The molecule has 0 atom stereocenters. The number of nitrogens with zero attached hydrogens (tertiary/aromatic N) is 2. The molecule has 1 aliphatic rings. The molecule has 1 aromatic heterocycles. The zero-order valence-electron chi connectivity index (χ0n) is 11.1. The normalized spacial score (nSPS) is 16.2. The van der Waals surface area contributed by atoms with Crippen molar-refractivity contribution in [1.82, 2.24) is 14.8 Å². The highest BCUT2D eigenvalue weighted by molar-refractivity contribution is 7.09. The average Bonchev–Trinajstić information content (AvgIpc) is 2.82. The standard InChI is InChI=1S/C12H20N4OS/c1-12(2,3)9-8-16(10(13)18-9)7-6-15-5-4-14-11(15)17/h8,13H,4-7H2,1-3H3,(H,14,17). The minimum absolute atomic E-state index is 0.00778. The third-order valence-corrected chi connectivity index (χ3v) is 4.40. The number of thiazole rings is 1. The van der Waals surface area contributed by atoms with Crippen molar-refractivity contribution in [2.75, 3.05) is 19.6 Å². The van der Waals surface area contributed by atoms with Crippen LogP contribution in [0.3, 0.4) is 0 Å². The Kier molecular flexibility index (Phi) is 3.47. The highest BCUT2D eigenvalue weighted by atomic mass is 32.1. The van der Waals surface area contributed by atoms with Crippen LogP contribution in [-0.2, 0) is 12.0 Å². The van der Waals surface area contributed by atoms with Gasteiger partial charge in [-0.1, -0.05) is 20.8 Å². The van der Waals surface area contributed by atoms with Crippen LogP contribution in [0.1, 0.15) is 25.6 Å². The molecule has 0 aliphatic carbocycles. The Labute approximate surface area is 111 Å². The lowest BCUT2D eigenvalue weighted by Crippen LogP contribution is -2.32. The quantitative estimate of drug-likeness (QED) is 0.854. The highest BCUT2D eigenvalue weighted by Gasteiger charge is 2.20. The third kappa shape index (κ3) is 2.75. The summed E-state index contributed by atoms with van der Waals surface area (Å²) < 4.78 is 1.93. The topological polar surface area (TPSA) is 61.1 Å². The second-order valence-corrected chi connectivity index (χ2v) is 6.59. The van der Waals surface area contributed by atoms with Gasteiger partial charge in [-0.15, -0.1) is 11.3 Å². The second-order valence-electron chi connectivity index (χ2n) is 5.56. The Morgan fingerprint density at radius 1 is 1.44 bits per heavy atom. The number of aromatic nitrogens is 1. The number of hydrogen-bond donors (Lipinski definition) is 2. The summed E-state index contributed by atoms with van der Waals surface area (Å²) in [4.78, 5) is 15.0. The Morgan fingerprint density at radius 3 is 2.67 bits per heavy atom. The Hall–Kier alpha value is -1.30. The van der Waals surface area contributed by atoms with Crippen LogP contribution in [0.5, 0.6) is 0 Å². The summed E-state index contributed by atoms with van der Waals surface area (Å²) in [5, 5.41) is 10.7. The van der Waals surface area contributed by atoms with E-state index in [2.05, 4.69) is 26.1 Å². The summed E-state index contributed by atoms with van der Waals surface area (Å²) in [5.41, 5.74) is 0.0801. The van der Waals surface area contributed by atoms with Gasteiger partial charge in [-0.3, -0.25) is 5.41 Å². The van der Waals surface area contributed by atoms with Gasteiger partial charge in [0.25, 0.3) is 0 Å². The molecule has 1 aromatic rings. The number of hydrogen-bond acceptors (Lipinski definition) is 3. The lowest BCUT2D eigenvalue weighted by Gasteiger charge is -2.15. The van der Waals surface area contributed by atoms with Crippen LogP contribution in [-0.4, -0.2) is 35.1 Å². The van der Waals surface area contributed by atoms with Gasteiger partial charge < -0.3 is 14.8 Å². The lowest BCUT2D eigenvalue weighted by atomic mass is 9.95. The molecule has 2 amide bonds. The first-order valence-electron chi connectivity index (χ1n) is 6.16. The maximum Gasteiger partial charge on any atom is 0.317 e. The fourth-order valence-electron chi connectivity index (χ4n) is 1.86.